The molecule has 2 aromatic carbocycles. The molecular formula is C24H31Cl2N3O4S. The van der Waals surface area contributed by atoms with Gasteiger partial charge in [-0.3, -0.25) is 13.9 Å². The second kappa shape index (κ2) is 12.4. The van der Waals surface area contributed by atoms with Crippen molar-refractivity contribution in [2.45, 2.75) is 45.7 Å². The van der Waals surface area contributed by atoms with Gasteiger partial charge in [-0.25, -0.2) is 8.42 Å². The molecule has 186 valence electrons. The molecule has 0 bridgehead atoms. The Morgan fingerprint density at radius 2 is 1.71 bits per heavy atom. The van der Waals surface area contributed by atoms with Crippen LogP contribution in [-0.4, -0.2) is 56.6 Å². The molecule has 0 aromatic heterocycles. The largest absolute Gasteiger partial charge is 0.352 e. The van der Waals surface area contributed by atoms with Gasteiger partial charge in [0.05, 0.1) is 17.0 Å². The van der Waals surface area contributed by atoms with Crippen LogP contribution in [0.25, 0.3) is 0 Å². The zero-order valence-electron chi connectivity index (χ0n) is 19.8. The molecule has 0 aliphatic rings. The number of benzene rings is 2. The molecule has 0 spiro atoms. The Labute approximate surface area is 212 Å². The molecule has 0 unspecified atom stereocenters. The molecule has 2 aromatic rings. The molecule has 0 saturated carbocycles. The highest BCUT2D eigenvalue weighted by Crippen LogP contribution is 2.30. The Bertz CT molecular complexity index is 1090. The predicted octanol–water partition coefficient (Wildman–Crippen LogP) is 4.13. The number of carbonyl (C=O) groups excluding carboxylic acids is 2. The molecule has 2 rings (SSSR count). The van der Waals surface area contributed by atoms with E-state index in [9.17, 15) is 18.0 Å². The minimum absolute atomic E-state index is 0.103. The first-order valence-electron chi connectivity index (χ1n) is 11.0. The van der Waals surface area contributed by atoms with Crippen molar-refractivity contribution in [2.24, 2.45) is 0 Å². The summed E-state index contributed by atoms with van der Waals surface area (Å²) in [5, 5.41) is 3.30. The molecule has 1 atom stereocenters. The van der Waals surface area contributed by atoms with Crippen LogP contribution in [0.5, 0.6) is 0 Å². The van der Waals surface area contributed by atoms with E-state index in [0.717, 1.165) is 16.1 Å². The third-order valence-electron chi connectivity index (χ3n) is 5.16. The van der Waals surface area contributed by atoms with Crippen LogP contribution in [0.3, 0.4) is 0 Å². The molecule has 10 heteroatoms. The normalized spacial score (nSPS) is 12.3. The topological polar surface area (TPSA) is 86.8 Å². The number of hydrogen-bond acceptors (Lipinski definition) is 4. The molecule has 0 radical (unpaired) electrons. The van der Waals surface area contributed by atoms with Crippen molar-refractivity contribution in [3.05, 3.63) is 64.1 Å². The van der Waals surface area contributed by atoms with Crippen molar-refractivity contribution in [3.63, 3.8) is 0 Å². The molecule has 1 N–H and O–H groups in total. The van der Waals surface area contributed by atoms with Crippen LogP contribution >= 0.6 is 23.2 Å². The Morgan fingerprint density at radius 3 is 2.24 bits per heavy atom. The van der Waals surface area contributed by atoms with Crippen molar-refractivity contribution in [1.29, 1.82) is 0 Å². The van der Waals surface area contributed by atoms with Gasteiger partial charge in [0.2, 0.25) is 21.8 Å². The smallest absolute Gasteiger partial charge is 0.244 e. The van der Waals surface area contributed by atoms with Gasteiger partial charge < -0.3 is 10.2 Å². The van der Waals surface area contributed by atoms with Gasteiger partial charge >= 0.3 is 0 Å². The van der Waals surface area contributed by atoms with Crippen molar-refractivity contribution in [2.75, 3.05) is 23.7 Å². The predicted molar refractivity (Wildman–Crippen MR) is 138 cm³/mol. The summed E-state index contributed by atoms with van der Waals surface area (Å²) in [5.74, 6) is -0.785. The van der Waals surface area contributed by atoms with Crippen LogP contribution in [0.1, 0.15) is 32.8 Å². The lowest BCUT2D eigenvalue weighted by Crippen LogP contribution is -2.54. The summed E-state index contributed by atoms with van der Waals surface area (Å²) < 4.78 is 26.2. The fourth-order valence-electron chi connectivity index (χ4n) is 3.55. The number of halogens is 2. The Hall–Kier alpha value is -2.29. The summed E-state index contributed by atoms with van der Waals surface area (Å²) in [7, 11) is -3.86. The lowest BCUT2D eigenvalue weighted by molar-refractivity contribution is -0.139. The Balaban J connectivity index is 2.39. The summed E-state index contributed by atoms with van der Waals surface area (Å²) in [6.45, 7) is 5.25. The van der Waals surface area contributed by atoms with Crippen LogP contribution in [0.4, 0.5) is 5.69 Å². The maximum Gasteiger partial charge on any atom is 0.244 e. The van der Waals surface area contributed by atoms with E-state index in [1.54, 1.807) is 0 Å². The number of nitrogens with one attached hydrogen (secondary N) is 1. The SMILES string of the molecule is CC[C@@H](C(=O)NC(C)C)N(CCc1ccccc1)C(=O)CN(c1ccc(Cl)cc1Cl)S(C)(=O)=O. The fourth-order valence-corrected chi connectivity index (χ4v) is 4.98. The zero-order valence-corrected chi connectivity index (χ0v) is 22.1. The standard InChI is InChI=1S/C24H31Cl2N3O4S/c1-5-21(24(31)27-17(2)3)28(14-13-18-9-7-6-8-10-18)23(30)16-29(34(4,32)33)22-12-11-19(25)15-20(22)26/h6-12,15,17,21H,5,13-14,16H2,1-4H3,(H,27,31)/t21-/m0/s1. The summed E-state index contributed by atoms with van der Waals surface area (Å²) in [6, 6.07) is 13.1. The first-order chi connectivity index (χ1) is 15.9. The molecule has 0 saturated heterocycles. The van der Waals surface area contributed by atoms with Crippen molar-refractivity contribution < 1.29 is 18.0 Å². The highest BCUT2D eigenvalue weighted by atomic mass is 35.5. The molecular weight excluding hydrogens is 497 g/mol. The van der Waals surface area contributed by atoms with Gasteiger partial charge in [0.15, 0.2) is 0 Å². The van der Waals surface area contributed by atoms with Crippen molar-refractivity contribution >= 4 is 50.7 Å². The molecule has 0 aliphatic heterocycles. The lowest BCUT2D eigenvalue weighted by atomic mass is 10.1. The third-order valence-corrected chi connectivity index (χ3v) is 6.82. The highest BCUT2D eigenvalue weighted by molar-refractivity contribution is 7.92. The van der Waals surface area contributed by atoms with Crippen LogP contribution < -0.4 is 9.62 Å². The van der Waals surface area contributed by atoms with Gasteiger partial charge in [0, 0.05) is 17.6 Å². The number of amides is 2. The molecule has 0 aliphatic carbocycles. The number of carbonyl (C=O) groups is 2. The van der Waals surface area contributed by atoms with E-state index in [4.69, 9.17) is 23.2 Å². The number of anilines is 1. The number of rotatable bonds is 11. The zero-order chi connectivity index (χ0) is 25.5. The van der Waals surface area contributed by atoms with Crippen LogP contribution in [0.15, 0.2) is 48.5 Å². The highest BCUT2D eigenvalue weighted by Gasteiger charge is 2.32. The number of nitrogens with zero attached hydrogens (tertiary/aromatic N) is 2. The lowest BCUT2D eigenvalue weighted by Gasteiger charge is -2.33. The van der Waals surface area contributed by atoms with Gasteiger partial charge in [0.1, 0.15) is 12.6 Å². The van der Waals surface area contributed by atoms with E-state index in [1.807, 2.05) is 51.1 Å². The molecule has 0 fully saturated rings. The van der Waals surface area contributed by atoms with Crippen LogP contribution in [-0.2, 0) is 26.0 Å². The van der Waals surface area contributed by atoms with E-state index >= 15 is 0 Å². The van der Waals surface area contributed by atoms with E-state index in [1.165, 1.54) is 23.1 Å². The molecule has 0 heterocycles. The van der Waals surface area contributed by atoms with Gasteiger partial charge in [0.25, 0.3) is 0 Å². The minimum atomic E-state index is -3.86. The average Bonchev–Trinajstić information content (AvgIpc) is 2.74. The second-order valence-corrected chi connectivity index (χ2v) is 11.0. The maximum atomic E-state index is 13.5. The molecule has 34 heavy (non-hydrogen) atoms. The molecule has 7 nitrogen and oxygen atoms in total. The Morgan fingerprint density at radius 1 is 1.06 bits per heavy atom. The van der Waals surface area contributed by atoms with Gasteiger partial charge in [-0.15, -0.1) is 0 Å². The van der Waals surface area contributed by atoms with Gasteiger partial charge in [-0.05, 0) is 50.5 Å². The first kappa shape index (κ1) is 28.0. The van der Waals surface area contributed by atoms with Crippen LogP contribution in [0.2, 0.25) is 10.0 Å². The Kier molecular flexibility index (Phi) is 10.2. The number of sulfonamides is 1. The molecule has 2 amide bonds. The second-order valence-electron chi connectivity index (χ2n) is 8.28. The minimum Gasteiger partial charge on any atom is -0.352 e. The summed E-state index contributed by atoms with van der Waals surface area (Å²) in [6.07, 6.45) is 1.89. The quantitative estimate of drug-likeness (QED) is 0.475. The maximum absolute atomic E-state index is 13.5. The summed E-state index contributed by atoms with van der Waals surface area (Å²) in [5.41, 5.74) is 1.14. The summed E-state index contributed by atoms with van der Waals surface area (Å²) >= 11 is 12.2. The fraction of sp³-hybridized carbons (Fsp3) is 0.417. The van der Waals surface area contributed by atoms with E-state index in [-0.39, 0.29) is 29.2 Å². The van der Waals surface area contributed by atoms with Crippen molar-refractivity contribution in [3.8, 4) is 0 Å². The van der Waals surface area contributed by atoms with E-state index < -0.39 is 28.5 Å². The van der Waals surface area contributed by atoms with Crippen molar-refractivity contribution in [1.82, 2.24) is 10.2 Å². The monoisotopic (exact) mass is 527 g/mol. The third kappa shape index (κ3) is 7.89. The van der Waals surface area contributed by atoms with Gasteiger partial charge in [-0.1, -0.05) is 60.5 Å². The van der Waals surface area contributed by atoms with Gasteiger partial charge in [-0.2, -0.15) is 0 Å². The first-order valence-corrected chi connectivity index (χ1v) is 13.6. The van der Waals surface area contributed by atoms with E-state index in [2.05, 4.69) is 5.32 Å². The number of hydrogen-bond donors (Lipinski definition) is 1. The summed E-state index contributed by atoms with van der Waals surface area (Å²) in [4.78, 5) is 27.9. The van der Waals surface area contributed by atoms with E-state index in [0.29, 0.717) is 17.9 Å². The average molecular weight is 529 g/mol. The van der Waals surface area contributed by atoms with Crippen LogP contribution in [0, 0.1) is 0 Å².